The van der Waals surface area contributed by atoms with Crippen LogP contribution in [-0.4, -0.2) is 16.6 Å². The zero-order chi connectivity index (χ0) is 9.90. The number of ether oxygens (including phenoxy) is 1. The molecule has 0 heterocycles. The summed E-state index contributed by atoms with van der Waals surface area (Å²) in [6.45, 7) is 7.75. The molecule has 0 amide bonds. The van der Waals surface area contributed by atoms with Gasteiger partial charge in [0.2, 0.25) is 0 Å². The standard InChI is InChI=1S/C11H21IO/c1-11(2,3)7-8-13-10-6-4-5-9(10)12/h9-10H,4-8H2,1-3H3. The molecule has 0 aromatic heterocycles. The van der Waals surface area contributed by atoms with E-state index in [0.717, 1.165) is 10.5 Å². The van der Waals surface area contributed by atoms with Crippen molar-refractivity contribution < 1.29 is 4.74 Å². The van der Waals surface area contributed by atoms with Gasteiger partial charge in [0.1, 0.15) is 0 Å². The molecular formula is C11H21IO. The highest BCUT2D eigenvalue weighted by Crippen LogP contribution is 2.29. The first-order chi connectivity index (χ1) is 5.99. The zero-order valence-electron chi connectivity index (χ0n) is 8.98. The summed E-state index contributed by atoms with van der Waals surface area (Å²) in [6.07, 6.45) is 5.70. The first-order valence-electron chi connectivity index (χ1n) is 5.25. The average Bonchev–Trinajstić information content (AvgIpc) is 2.34. The molecule has 0 aromatic carbocycles. The molecule has 0 aromatic rings. The van der Waals surface area contributed by atoms with Gasteiger partial charge in [-0.25, -0.2) is 0 Å². The Hall–Kier alpha value is 0.690. The smallest absolute Gasteiger partial charge is 0.0692 e. The number of halogens is 1. The highest BCUT2D eigenvalue weighted by atomic mass is 127. The van der Waals surface area contributed by atoms with Crippen LogP contribution in [0.1, 0.15) is 46.5 Å². The Labute approximate surface area is 95.8 Å². The minimum absolute atomic E-state index is 0.416. The molecule has 0 aliphatic heterocycles. The fourth-order valence-corrected chi connectivity index (χ4v) is 2.59. The molecule has 0 bridgehead atoms. The maximum atomic E-state index is 5.88. The fraction of sp³-hybridized carbons (Fsp3) is 1.00. The van der Waals surface area contributed by atoms with E-state index in [1.54, 1.807) is 0 Å². The molecule has 13 heavy (non-hydrogen) atoms. The van der Waals surface area contributed by atoms with Crippen molar-refractivity contribution in [1.29, 1.82) is 0 Å². The molecule has 1 fully saturated rings. The third-order valence-corrected chi connectivity index (χ3v) is 3.98. The second-order valence-corrected chi connectivity index (χ2v) is 6.77. The highest BCUT2D eigenvalue weighted by Gasteiger charge is 2.25. The summed E-state index contributed by atoms with van der Waals surface area (Å²) < 4.78 is 6.65. The Morgan fingerprint density at radius 2 is 2.00 bits per heavy atom. The van der Waals surface area contributed by atoms with Gasteiger partial charge in [-0.3, -0.25) is 0 Å². The topological polar surface area (TPSA) is 9.23 Å². The third kappa shape index (κ3) is 4.63. The Balaban J connectivity index is 2.12. The molecule has 2 atom stereocenters. The van der Waals surface area contributed by atoms with Gasteiger partial charge in [0.05, 0.1) is 6.10 Å². The second-order valence-electron chi connectivity index (χ2n) is 5.17. The van der Waals surface area contributed by atoms with E-state index in [-0.39, 0.29) is 0 Å². The molecule has 1 saturated carbocycles. The summed E-state index contributed by atoms with van der Waals surface area (Å²) in [4.78, 5) is 0. The van der Waals surface area contributed by atoms with Gasteiger partial charge in [-0.2, -0.15) is 0 Å². The molecule has 2 heteroatoms. The lowest BCUT2D eigenvalue weighted by Gasteiger charge is -2.21. The van der Waals surface area contributed by atoms with E-state index in [9.17, 15) is 0 Å². The van der Waals surface area contributed by atoms with Gasteiger partial charge in [-0.1, -0.05) is 43.4 Å². The van der Waals surface area contributed by atoms with Crippen molar-refractivity contribution in [3.8, 4) is 0 Å². The van der Waals surface area contributed by atoms with Crippen molar-refractivity contribution in [2.45, 2.75) is 56.5 Å². The van der Waals surface area contributed by atoms with Crippen LogP contribution in [0.25, 0.3) is 0 Å². The number of hydrogen-bond donors (Lipinski definition) is 0. The third-order valence-electron chi connectivity index (χ3n) is 2.56. The van der Waals surface area contributed by atoms with Crippen molar-refractivity contribution in [2.75, 3.05) is 6.61 Å². The van der Waals surface area contributed by atoms with E-state index < -0.39 is 0 Å². The maximum absolute atomic E-state index is 5.88. The van der Waals surface area contributed by atoms with Gasteiger partial charge >= 0.3 is 0 Å². The Bertz CT molecular complexity index is 151. The predicted molar refractivity (Wildman–Crippen MR) is 65.5 cm³/mol. The highest BCUT2D eigenvalue weighted by molar-refractivity contribution is 14.1. The number of alkyl halides is 1. The summed E-state index contributed by atoms with van der Waals surface area (Å²) in [5.74, 6) is 0. The van der Waals surface area contributed by atoms with E-state index >= 15 is 0 Å². The SMILES string of the molecule is CC(C)(C)CCOC1CCCC1I. The number of hydrogen-bond acceptors (Lipinski definition) is 1. The molecule has 1 nitrogen and oxygen atoms in total. The van der Waals surface area contributed by atoms with Crippen molar-refractivity contribution in [2.24, 2.45) is 5.41 Å². The second kappa shape index (κ2) is 4.96. The largest absolute Gasteiger partial charge is 0.377 e. The van der Waals surface area contributed by atoms with Crippen molar-refractivity contribution in [1.82, 2.24) is 0 Å². The van der Waals surface area contributed by atoms with Crippen LogP contribution in [0.5, 0.6) is 0 Å². The molecule has 0 N–H and O–H groups in total. The van der Waals surface area contributed by atoms with Crippen molar-refractivity contribution >= 4 is 22.6 Å². The molecule has 0 radical (unpaired) electrons. The molecule has 78 valence electrons. The van der Waals surface area contributed by atoms with E-state index in [2.05, 4.69) is 43.4 Å². The van der Waals surface area contributed by atoms with Crippen LogP contribution in [0.3, 0.4) is 0 Å². The average molecular weight is 296 g/mol. The van der Waals surface area contributed by atoms with Gasteiger partial charge in [-0.15, -0.1) is 0 Å². The minimum Gasteiger partial charge on any atom is -0.377 e. The van der Waals surface area contributed by atoms with Gasteiger partial charge < -0.3 is 4.74 Å². The zero-order valence-corrected chi connectivity index (χ0v) is 11.1. The van der Waals surface area contributed by atoms with Crippen LogP contribution in [0.15, 0.2) is 0 Å². The van der Waals surface area contributed by atoms with Crippen LogP contribution in [-0.2, 0) is 4.74 Å². The Morgan fingerprint density at radius 3 is 2.46 bits per heavy atom. The summed E-state index contributed by atoms with van der Waals surface area (Å²) >= 11 is 2.53. The van der Waals surface area contributed by atoms with Crippen molar-refractivity contribution in [3.05, 3.63) is 0 Å². The van der Waals surface area contributed by atoms with Crippen LogP contribution in [0.2, 0.25) is 0 Å². The monoisotopic (exact) mass is 296 g/mol. The van der Waals surface area contributed by atoms with Crippen molar-refractivity contribution in [3.63, 3.8) is 0 Å². The summed E-state index contributed by atoms with van der Waals surface area (Å²) in [5.41, 5.74) is 0.416. The fourth-order valence-electron chi connectivity index (χ4n) is 1.59. The molecule has 1 aliphatic rings. The van der Waals surface area contributed by atoms with Gasteiger partial charge in [0.15, 0.2) is 0 Å². The number of rotatable bonds is 3. The van der Waals surface area contributed by atoms with Crippen LogP contribution < -0.4 is 0 Å². The molecular weight excluding hydrogens is 275 g/mol. The molecule has 1 aliphatic carbocycles. The van der Waals surface area contributed by atoms with Crippen LogP contribution in [0.4, 0.5) is 0 Å². The lowest BCUT2D eigenvalue weighted by molar-refractivity contribution is 0.0475. The molecule has 1 rings (SSSR count). The van der Waals surface area contributed by atoms with Crippen LogP contribution in [0, 0.1) is 5.41 Å². The lowest BCUT2D eigenvalue weighted by Crippen LogP contribution is -2.20. The first-order valence-corrected chi connectivity index (χ1v) is 6.49. The Kier molecular flexibility index (Phi) is 4.49. The maximum Gasteiger partial charge on any atom is 0.0692 e. The molecule has 0 saturated heterocycles. The lowest BCUT2D eigenvalue weighted by atomic mass is 9.93. The molecule has 0 spiro atoms. The quantitative estimate of drug-likeness (QED) is 0.568. The normalized spacial score (nSPS) is 29.5. The van der Waals surface area contributed by atoms with Gasteiger partial charge in [-0.05, 0) is 31.1 Å². The first kappa shape index (κ1) is 11.8. The summed E-state index contributed by atoms with van der Waals surface area (Å²) in [5, 5.41) is 0. The van der Waals surface area contributed by atoms with E-state index in [1.807, 2.05) is 0 Å². The van der Waals surface area contributed by atoms with Gasteiger partial charge in [0, 0.05) is 10.5 Å². The predicted octanol–water partition coefficient (Wildman–Crippen LogP) is 3.80. The molecule has 2 unspecified atom stereocenters. The summed E-state index contributed by atoms with van der Waals surface area (Å²) in [6, 6.07) is 0. The van der Waals surface area contributed by atoms with E-state index in [4.69, 9.17) is 4.74 Å². The minimum atomic E-state index is 0.416. The Morgan fingerprint density at radius 1 is 1.31 bits per heavy atom. The van der Waals surface area contributed by atoms with E-state index in [1.165, 1.54) is 25.7 Å². The van der Waals surface area contributed by atoms with E-state index in [0.29, 0.717) is 11.5 Å². The van der Waals surface area contributed by atoms with Crippen LogP contribution >= 0.6 is 22.6 Å². The summed E-state index contributed by atoms with van der Waals surface area (Å²) in [7, 11) is 0. The van der Waals surface area contributed by atoms with Gasteiger partial charge in [0.25, 0.3) is 0 Å².